The van der Waals surface area contributed by atoms with Crippen LogP contribution in [0.5, 0.6) is 0 Å². The number of carbonyl (C=O) groups is 1. The molecular weight excluding hydrogens is 288 g/mol. The van der Waals surface area contributed by atoms with E-state index in [1.807, 2.05) is 11.1 Å². The number of aromatic nitrogens is 2. The maximum Gasteiger partial charge on any atom is 0.219 e. The van der Waals surface area contributed by atoms with Gasteiger partial charge in [-0.25, -0.2) is 0 Å². The second-order valence-electron chi connectivity index (χ2n) is 6.85. The average molecular weight is 312 g/mol. The van der Waals surface area contributed by atoms with Crippen LogP contribution in [0.4, 0.5) is 5.69 Å². The van der Waals surface area contributed by atoms with Gasteiger partial charge in [0, 0.05) is 44.2 Å². The number of H-pyrrole nitrogens is 1. The Hall–Kier alpha value is -2.04. The lowest BCUT2D eigenvalue weighted by Gasteiger charge is -2.36. The number of anilines is 1. The molecule has 1 N–H and O–H groups in total. The lowest BCUT2D eigenvalue weighted by molar-refractivity contribution is -0.129. The molecule has 2 heterocycles. The van der Waals surface area contributed by atoms with E-state index >= 15 is 0 Å². The van der Waals surface area contributed by atoms with E-state index in [1.165, 1.54) is 42.3 Å². The fourth-order valence-corrected chi connectivity index (χ4v) is 4.07. The summed E-state index contributed by atoms with van der Waals surface area (Å²) in [6.45, 7) is 5.07. The molecule has 0 unspecified atom stereocenters. The molecule has 23 heavy (non-hydrogen) atoms. The number of amides is 1. The van der Waals surface area contributed by atoms with Gasteiger partial charge in [-0.1, -0.05) is 12.8 Å². The fourth-order valence-electron chi connectivity index (χ4n) is 4.07. The molecule has 122 valence electrons. The summed E-state index contributed by atoms with van der Waals surface area (Å²) in [5, 5.41) is 8.60. The highest BCUT2D eigenvalue weighted by atomic mass is 16.2. The van der Waals surface area contributed by atoms with Crippen LogP contribution in [0, 0.1) is 0 Å². The summed E-state index contributed by atoms with van der Waals surface area (Å²) in [7, 11) is 0. The highest BCUT2D eigenvalue weighted by molar-refractivity contribution is 5.92. The number of benzene rings is 1. The van der Waals surface area contributed by atoms with Crippen molar-refractivity contribution in [1.82, 2.24) is 15.1 Å². The molecule has 5 heteroatoms. The Morgan fingerprint density at radius 1 is 1.17 bits per heavy atom. The number of hydrogen-bond donors (Lipinski definition) is 1. The summed E-state index contributed by atoms with van der Waals surface area (Å²) in [6, 6.07) is 4.66. The molecule has 2 aromatic rings. The Bertz CT molecular complexity index is 709. The normalized spacial score (nSPS) is 19.7. The van der Waals surface area contributed by atoms with Crippen molar-refractivity contribution < 1.29 is 4.79 Å². The Morgan fingerprint density at radius 3 is 2.61 bits per heavy atom. The molecule has 0 radical (unpaired) electrons. The molecule has 1 aromatic heterocycles. The minimum absolute atomic E-state index is 0.179. The second kappa shape index (κ2) is 5.87. The van der Waals surface area contributed by atoms with Crippen LogP contribution in [0.3, 0.4) is 0 Å². The van der Waals surface area contributed by atoms with E-state index in [9.17, 15) is 4.79 Å². The van der Waals surface area contributed by atoms with Gasteiger partial charge in [-0.3, -0.25) is 9.89 Å². The van der Waals surface area contributed by atoms with Crippen LogP contribution in [0.25, 0.3) is 10.9 Å². The summed E-state index contributed by atoms with van der Waals surface area (Å²) < 4.78 is 0. The van der Waals surface area contributed by atoms with Gasteiger partial charge in [-0.2, -0.15) is 5.10 Å². The predicted molar refractivity (Wildman–Crippen MR) is 91.8 cm³/mol. The summed E-state index contributed by atoms with van der Waals surface area (Å²) in [6.07, 6.45) is 7.23. The Labute approximate surface area is 136 Å². The van der Waals surface area contributed by atoms with Crippen molar-refractivity contribution in [1.29, 1.82) is 0 Å². The number of piperazine rings is 1. The van der Waals surface area contributed by atoms with E-state index in [4.69, 9.17) is 0 Å². The lowest BCUT2D eigenvalue weighted by atomic mass is 9.95. The topological polar surface area (TPSA) is 52.2 Å². The SMILES string of the molecule is CC(=O)N1CCN(c2cc(C3CCCC3)cc3[nH]ncc23)CC1. The maximum atomic E-state index is 11.5. The summed E-state index contributed by atoms with van der Waals surface area (Å²) >= 11 is 0. The highest BCUT2D eigenvalue weighted by Crippen LogP contribution is 2.38. The van der Waals surface area contributed by atoms with Crippen molar-refractivity contribution in [3.63, 3.8) is 0 Å². The van der Waals surface area contributed by atoms with Crippen LogP contribution in [0.1, 0.15) is 44.1 Å². The monoisotopic (exact) mass is 312 g/mol. The molecular formula is C18H24N4O. The minimum Gasteiger partial charge on any atom is -0.367 e. The smallest absolute Gasteiger partial charge is 0.219 e. The molecule has 4 rings (SSSR count). The van der Waals surface area contributed by atoms with Gasteiger partial charge >= 0.3 is 0 Å². The quantitative estimate of drug-likeness (QED) is 0.927. The van der Waals surface area contributed by atoms with Crippen LogP contribution < -0.4 is 4.90 Å². The Balaban J connectivity index is 1.65. The third-order valence-electron chi connectivity index (χ3n) is 5.45. The molecule has 1 aromatic carbocycles. The van der Waals surface area contributed by atoms with Crippen LogP contribution >= 0.6 is 0 Å². The van der Waals surface area contributed by atoms with Crippen molar-refractivity contribution in [3.05, 3.63) is 23.9 Å². The zero-order valence-electron chi connectivity index (χ0n) is 13.7. The van der Waals surface area contributed by atoms with Gasteiger partial charge in [0.15, 0.2) is 0 Å². The third-order valence-corrected chi connectivity index (χ3v) is 5.45. The van der Waals surface area contributed by atoms with Gasteiger partial charge in [0.1, 0.15) is 0 Å². The largest absolute Gasteiger partial charge is 0.367 e. The van der Waals surface area contributed by atoms with Crippen molar-refractivity contribution in [2.24, 2.45) is 0 Å². The van der Waals surface area contributed by atoms with Gasteiger partial charge in [-0.15, -0.1) is 0 Å². The maximum absolute atomic E-state index is 11.5. The number of rotatable bonds is 2. The first-order chi connectivity index (χ1) is 11.2. The number of nitrogens with zero attached hydrogens (tertiary/aromatic N) is 3. The van der Waals surface area contributed by atoms with E-state index in [0.717, 1.165) is 31.7 Å². The van der Waals surface area contributed by atoms with Gasteiger partial charge in [0.2, 0.25) is 5.91 Å². The van der Waals surface area contributed by atoms with E-state index in [2.05, 4.69) is 27.2 Å². The van der Waals surface area contributed by atoms with Gasteiger partial charge in [-0.05, 0) is 36.5 Å². The number of hydrogen-bond acceptors (Lipinski definition) is 3. The minimum atomic E-state index is 0.179. The van der Waals surface area contributed by atoms with Crippen molar-refractivity contribution in [3.8, 4) is 0 Å². The molecule has 1 amide bonds. The molecule has 0 bridgehead atoms. The lowest BCUT2D eigenvalue weighted by Crippen LogP contribution is -2.48. The van der Waals surface area contributed by atoms with E-state index in [-0.39, 0.29) is 5.91 Å². The second-order valence-corrected chi connectivity index (χ2v) is 6.85. The number of fused-ring (bicyclic) bond motifs is 1. The first-order valence-electron chi connectivity index (χ1n) is 8.70. The van der Waals surface area contributed by atoms with Crippen LogP contribution in [-0.2, 0) is 4.79 Å². The predicted octanol–water partition coefficient (Wildman–Crippen LogP) is 2.89. The molecule has 0 atom stereocenters. The van der Waals surface area contributed by atoms with Crippen LogP contribution in [-0.4, -0.2) is 47.2 Å². The summed E-state index contributed by atoms with van der Waals surface area (Å²) in [4.78, 5) is 15.9. The summed E-state index contributed by atoms with van der Waals surface area (Å²) in [5.74, 6) is 0.873. The van der Waals surface area contributed by atoms with Crippen LogP contribution in [0.15, 0.2) is 18.3 Å². The van der Waals surface area contributed by atoms with Crippen molar-refractivity contribution >= 4 is 22.5 Å². The number of nitrogens with one attached hydrogen (secondary N) is 1. The zero-order chi connectivity index (χ0) is 15.8. The molecule has 5 nitrogen and oxygen atoms in total. The van der Waals surface area contributed by atoms with E-state index in [1.54, 1.807) is 6.92 Å². The number of carbonyl (C=O) groups excluding carboxylic acids is 1. The molecule has 2 aliphatic rings. The van der Waals surface area contributed by atoms with Gasteiger partial charge in [0.25, 0.3) is 0 Å². The molecule has 1 saturated carbocycles. The fraction of sp³-hybridized carbons (Fsp3) is 0.556. The van der Waals surface area contributed by atoms with Crippen LogP contribution in [0.2, 0.25) is 0 Å². The van der Waals surface area contributed by atoms with E-state index in [0.29, 0.717) is 5.92 Å². The van der Waals surface area contributed by atoms with Crippen molar-refractivity contribution in [2.75, 3.05) is 31.1 Å². The zero-order valence-corrected chi connectivity index (χ0v) is 13.7. The van der Waals surface area contributed by atoms with Crippen molar-refractivity contribution in [2.45, 2.75) is 38.5 Å². The molecule has 0 spiro atoms. The Kier molecular flexibility index (Phi) is 3.71. The average Bonchev–Trinajstić information content (AvgIpc) is 3.25. The highest BCUT2D eigenvalue weighted by Gasteiger charge is 2.23. The Morgan fingerprint density at radius 2 is 1.91 bits per heavy atom. The van der Waals surface area contributed by atoms with Gasteiger partial charge < -0.3 is 9.80 Å². The van der Waals surface area contributed by atoms with Gasteiger partial charge in [0.05, 0.1) is 11.7 Å². The standard InChI is InChI=1S/C18H24N4O/c1-13(23)21-6-8-22(9-7-21)18-11-15(14-4-2-3-5-14)10-17-16(18)12-19-20-17/h10-12,14H,2-9H2,1H3,(H,19,20). The van der Waals surface area contributed by atoms with E-state index < -0.39 is 0 Å². The third kappa shape index (κ3) is 2.69. The molecule has 1 aliphatic carbocycles. The summed E-state index contributed by atoms with van der Waals surface area (Å²) in [5.41, 5.74) is 3.86. The molecule has 1 saturated heterocycles. The first-order valence-corrected chi connectivity index (χ1v) is 8.70. The molecule has 2 fully saturated rings. The number of aromatic amines is 1. The molecule has 1 aliphatic heterocycles. The first kappa shape index (κ1) is 14.5.